The van der Waals surface area contributed by atoms with Crippen LogP contribution in [0.25, 0.3) is 0 Å². The summed E-state index contributed by atoms with van der Waals surface area (Å²) >= 11 is 0. The lowest BCUT2D eigenvalue weighted by atomic mass is 9.58. The maximum Gasteiger partial charge on any atom is 0.168 e. The van der Waals surface area contributed by atoms with Crippen molar-refractivity contribution >= 4 is 5.69 Å². The molecule has 1 aromatic rings. The Balaban J connectivity index is 1.78. The molecule has 1 saturated heterocycles. The Morgan fingerprint density at radius 2 is 2.00 bits per heavy atom. The van der Waals surface area contributed by atoms with Crippen molar-refractivity contribution in [2.75, 3.05) is 18.9 Å². The largest absolute Gasteiger partial charge is 0.399 e. The fraction of sp³-hybridized carbons (Fsp3) is 0.700. The molecule has 0 amide bonds. The van der Waals surface area contributed by atoms with Crippen LogP contribution in [0.2, 0.25) is 0 Å². The molecule has 2 fully saturated rings. The first-order valence-corrected chi connectivity index (χ1v) is 9.26. The van der Waals surface area contributed by atoms with Crippen LogP contribution in [0.15, 0.2) is 12.1 Å². The molecule has 4 rings (SSSR count). The van der Waals surface area contributed by atoms with Gasteiger partial charge < -0.3 is 15.2 Å². The molecule has 0 bridgehead atoms. The molecule has 23 heavy (non-hydrogen) atoms. The highest BCUT2D eigenvalue weighted by atomic mass is 16.7. The number of rotatable bonds is 1. The standard InChI is InChI=1S/C20H29NO2/c1-3-19-7-8-20(22-9-10-23-20)13-16(19)6-4-5-15-12-18(21)14(2)11-17(15)19/h11-12,16H,3-10,13,21H2,1-2H3/t16-,19+/m0/s1. The molecule has 1 aliphatic heterocycles. The van der Waals surface area contributed by atoms with Crippen molar-refractivity contribution in [1.82, 2.24) is 0 Å². The number of hydrogen-bond donors (Lipinski definition) is 1. The van der Waals surface area contributed by atoms with Gasteiger partial charge >= 0.3 is 0 Å². The van der Waals surface area contributed by atoms with Gasteiger partial charge in [-0.2, -0.15) is 0 Å². The van der Waals surface area contributed by atoms with Gasteiger partial charge in [-0.15, -0.1) is 0 Å². The number of fused-ring (bicyclic) bond motifs is 3. The summed E-state index contributed by atoms with van der Waals surface area (Å²) < 4.78 is 12.1. The highest BCUT2D eigenvalue weighted by Gasteiger charge is 2.52. The SMILES string of the molecule is CC[C@@]12CCC3(C[C@@H]1CCCc1cc(N)c(C)cc12)OCCO3. The van der Waals surface area contributed by atoms with E-state index >= 15 is 0 Å². The zero-order chi connectivity index (χ0) is 16.1. The highest BCUT2D eigenvalue weighted by Crippen LogP contribution is 2.55. The van der Waals surface area contributed by atoms with E-state index in [1.807, 2.05) is 0 Å². The number of anilines is 1. The Bertz CT molecular complexity index is 606. The van der Waals surface area contributed by atoms with E-state index in [0.717, 1.165) is 38.2 Å². The maximum absolute atomic E-state index is 6.20. The fourth-order valence-corrected chi connectivity index (χ4v) is 5.42. The molecule has 126 valence electrons. The van der Waals surface area contributed by atoms with Crippen molar-refractivity contribution < 1.29 is 9.47 Å². The van der Waals surface area contributed by atoms with Crippen LogP contribution in [-0.4, -0.2) is 19.0 Å². The summed E-state index contributed by atoms with van der Waals surface area (Å²) in [6.45, 7) is 6.03. The summed E-state index contributed by atoms with van der Waals surface area (Å²) in [4.78, 5) is 0. The van der Waals surface area contributed by atoms with E-state index < -0.39 is 0 Å². The molecule has 1 spiro atoms. The van der Waals surface area contributed by atoms with E-state index in [-0.39, 0.29) is 11.2 Å². The molecular formula is C20H29NO2. The van der Waals surface area contributed by atoms with Crippen LogP contribution >= 0.6 is 0 Å². The molecule has 0 aromatic heterocycles. The third kappa shape index (κ3) is 2.32. The Morgan fingerprint density at radius 3 is 2.74 bits per heavy atom. The number of aryl methyl sites for hydroxylation is 2. The van der Waals surface area contributed by atoms with Crippen molar-refractivity contribution in [1.29, 1.82) is 0 Å². The van der Waals surface area contributed by atoms with Crippen LogP contribution in [0, 0.1) is 12.8 Å². The number of hydrogen-bond acceptors (Lipinski definition) is 3. The monoisotopic (exact) mass is 315 g/mol. The van der Waals surface area contributed by atoms with Gasteiger partial charge in [-0.25, -0.2) is 0 Å². The zero-order valence-corrected chi connectivity index (χ0v) is 14.5. The van der Waals surface area contributed by atoms with Crippen LogP contribution < -0.4 is 5.73 Å². The van der Waals surface area contributed by atoms with E-state index in [4.69, 9.17) is 15.2 Å². The quantitative estimate of drug-likeness (QED) is 0.793. The van der Waals surface area contributed by atoms with Crippen molar-refractivity contribution in [3.63, 3.8) is 0 Å². The van der Waals surface area contributed by atoms with Crippen LogP contribution in [0.1, 0.15) is 62.1 Å². The summed E-state index contributed by atoms with van der Waals surface area (Å²) in [5.41, 5.74) is 11.7. The molecule has 0 unspecified atom stereocenters. The average Bonchev–Trinajstić information content (AvgIpc) is 2.93. The summed E-state index contributed by atoms with van der Waals surface area (Å²) in [7, 11) is 0. The van der Waals surface area contributed by atoms with E-state index in [9.17, 15) is 0 Å². The van der Waals surface area contributed by atoms with Gasteiger partial charge in [0.05, 0.1) is 13.2 Å². The Kier molecular flexibility index (Phi) is 3.69. The lowest BCUT2D eigenvalue weighted by Gasteiger charge is -2.49. The molecule has 3 heteroatoms. The topological polar surface area (TPSA) is 44.5 Å². The van der Waals surface area contributed by atoms with Gasteiger partial charge in [0.2, 0.25) is 0 Å². The fourth-order valence-electron chi connectivity index (χ4n) is 5.42. The number of benzene rings is 1. The van der Waals surface area contributed by atoms with Crippen molar-refractivity contribution in [3.8, 4) is 0 Å². The lowest BCUT2D eigenvalue weighted by molar-refractivity contribution is -0.199. The summed E-state index contributed by atoms with van der Waals surface area (Å²) in [5.74, 6) is 0.375. The van der Waals surface area contributed by atoms with E-state index in [1.165, 1.54) is 36.8 Å². The van der Waals surface area contributed by atoms with Crippen molar-refractivity contribution in [3.05, 3.63) is 28.8 Å². The van der Waals surface area contributed by atoms with Crippen LogP contribution in [0.4, 0.5) is 5.69 Å². The lowest BCUT2D eigenvalue weighted by Crippen LogP contribution is -2.48. The van der Waals surface area contributed by atoms with Gasteiger partial charge in [0.25, 0.3) is 0 Å². The average molecular weight is 315 g/mol. The van der Waals surface area contributed by atoms with Gasteiger partial charge in [0.1, 0.15) is 0 Å². The summed E-state index contributed by atoms with van der Waals surface area (Å²) in [6, 6.07) is 4.64. The van der Waals surface area contributed by atoms with Crippen molar-refractivity contribution in [2.24, 2.45) is 5.92 Å². The first-order chi connectivity index (χ1) is 11.1. The zero-order valence-electron chi connectivity index (χ0n) is 14.5. The minimum atomic E-state index is -0.281. The molecule has 1 aromatic carbocycles. The van der Waals surface area contributed by atoms with E-state index in [1.54, 1.807) is 5.56 Å². The van der Waals surface area contributed by atoms with E-state index in [0.29, 0.717) is 5.92 Å². The van der Waals surface area contributed by atoms with Gasteiger partial charge in [0, 0.05) is 18.5 Å². The smallest absolute Gasteiger partial charge is 0.168 e. The van der Waals surface area contributed by atoms with E-state index in [2.05, 4.69) is 26.0 Å². The predicted octanol–water partition coefficient (Wildman–Crippen LogP) is 4.10. The van der Waals surface area contributed by atoms with Gasteiger partial charge in [-0.3, -0.25) is 0 Å². The second-order valence-corrected chi connectivity index (χ2v) is 7.78. The minimum absolute atomic E-state index is 0.281. The molecule has 3 aliphatic rings. The minimum Gasteiger partial charge on any atom is -0.399 e. The van der Waals surface area contributed by atoms with Crippen LogP contribution in [0.5, 0.6) is 0 Å². The number of nitrogens with two attached hydrogens (primary N) is 1. The molecular weight excluding hydrogens is 286 g/mol. The summed E-state index contributed by atoms with van der Waals surface area (Å²) in [5, 5.41) is 0. The molecule has 2 aliphatic carbocycles. The Hall–Kier alpha value is -1.06. The number of nitrogen functional groups attached to an aromatic ring is 1. The first-order valence-electron chi connectivity index (χ1n) is 9.26. The normalized spacial score (nSPS) is 32.3. The van der Waals surface area contributed by atoms with Crippen molar-refractivity contribution in [2.45, 2.75) is 70.0 Å². The third-order valence-corrected chi connectivity index (χ3v) is 6.76. The third-order valence-electron chi connectivity index (χ3n) is 6.76. The number of ether oxygens (including phenoxy) is 2. The van der Waals surface area contributed by atoms with Gasteiger partial charge in [0.15, 0.2) is 5.79 Å². The molecule has 2 N–H and O–H groups in total. The Morgan fingerprint density at radius 1 is 1.22 bits per heavy atom. The molecule has 3 nitrogen and oxygen atoms in total. The molecule has 0 radical (unpaired) electrons. The maximum atomic E-state index is 6.20. The van der Waals surface area contributed by atoms with Gasteiger partial charge in [-0.05, 0) is 73.1 Å². The molecule has 1 heterocycles. The van der Waals surface area contributed by atoms with Crippen LogP contribution in [0.3, 0.4) is 0 Å². The highest BCUT2D eigenvalue weighted by molar-refractivity contribution is 5.54. The Labute approximate surface area is 139 Å². The molecule has 1 saturated carbocycles. The first kappa shape index (κ1) is 15.5. The van der Waals surface area contributed by atoms with Crippen LogP contribution in [-0.2, 0) is 21.3 Å². The summed E-state index contributed by atoms with van der Waals surface area (Å²) in [6.07, 6.45) is 8.14. The second kappa shape index (κ2) is 5.49. The second-order valence-electron chi connectivity index (χ2n) is 7.78. The predicted molar refractivity (Wildman–Crippen MR) is 92.5 cm³/mol. The molecule has 2 atom stereocenters. The van der Waals surface area contributed by atoms with Gasteiger partial charge in [-0.1, -0.05) is 13.0 Å².